The van der Waals surface area contributed by atoms with E-state index in [1.807, 2.05) is 22.6 Å². The molecule has 1 aliphatic carbocycles. The minimum Gasteiger partial charge on any atom is -0.356 e. The number of anilines is 3. The van der Waals surface area contributed by atoms with Gasteiger partial charge in [-0.2, -0.15) is 0 Å². The van der Waals surface area contributed by atoms with Crippen LogP contribution in [-0.4, -0.2) is 32.1 Å². The molecule has 42 heavy (non-hydrogen) atoms. The number of amides is 2. The van der Waals surface area contributed by atoms with E-state index in [4.69, 9.17) is 0 Å². The van der Waals surface area contributed by atoms with Gasteiger partial charge in [-0.3, -0.25) is 32.9 Å². The average Bonchev–Trinajstić information content (AvgIpc) is 3.76. The average molecular weight is 686 g/mol. The first-order chi connectivity index (χ1) is 20.0. The Hall–Kier alpha value is -4.27. The van der Waals surface area contributed by atoms with Crippen LogP contribution in [0.25, 0.3) is 16.6 Å². The molecule has 0 saturated heterocycles. The van der Waals surface area contributed by atoms with Crippen LogP contribution in [0.4, 0.5) is 21.6 Å². The van der Waals surface area contributed by atoms with Crippen LogP contribution in [0.5, 0.6) is 0 Å². The zero-order chi connectivity index (χ0) is 30.3. The van der Waals surface area contributed by atoms with Crippen LogP contribution in [0.2, 0.25) is 0 Å². The number of carbonyl (C=O) groups excluding carboxylic acids is 2. The third-order valence-electron chi connectivity index (χ3n) is 7.05. The lowest BCUT2D eigenvalue weighted by atomic mass is 10.1. The molecular formula is C29H28FIN6O5. The summed E-state index contributed by atoms with van der Waals surface area (Å²) in [5.41, 5.74) is -0.664. The summed E-state index contributed by atoms with van der Waals surface area (Å²) >= 11 is 1.98. The number of rotatable bonds is 8. The Morgan fingerprint density at radius 2 is 1.81 bits per heavy atom. The molecule has 1 aliphatic rings. The van der Waals surface area contributed by atoms with Crippen LogP contribution in [0.15, 0.2) is 56.8 Å². The summed E-state index contributed by atoms with van der Waals surface area (Å²) in [6.45, 7) is 3.05. The van der Waals surface area contributed by atoms with E-state index in [0.717, 1.165) is 0 Å². The monoisotopic (exact) mass is 686 g/mol. The van der Waals surface area contributed by atoms with Gasteiger partial charge in [-0.1, -0.05) is 6.07 Å². The highest BCUT2D eigenvalue weighted by Crippen LogP contribution is 2.34. The summed E-state index contributed by atoms with van der Waals surface area (Å²) in [6, 6.07) is 10.7. The molecule has 11 nitrogen and oxygen atoms in total. The largest absolute Gasteiger partial charge is 0.356 e. The minimum absolute atomic E-state index is 0.0402. The Labute approximate surface area is 252 Å². The number of hydrogen-bond acceptors (Lipinski definition) is 6. The van der Waals surface area contributed by atoms with Gasteiger partial charge in [0, 0.05) is 47.8 Å². The molecule has 4 aromatic rings. The Morgan fingerprint density at radius 3 is 2.48 bits per heavy atom. The Morgan fingerprint density at radius 1 is 1.07 bits per heavy atom. The number of carbonyl (C=O) groups is 2. The van der Waals surface area contributed by atoms with Crippen LogP contribution in [-0.2, 0) is 16.6 Å². The molecule has 1 fully saturated rings. The van der Waals surface area contributed by atoms with Crippen molar-refractivity contribution in [1.29, 1.82) is 0 Å². The van der Waals surface area contributed by atoms with Gasteiger partial charge in [0.1, 0.15) is 17.0 Å². The van der Waals surface area contributed by atoms with Crippen LogP contribution < -0.4 is 32.8 Å². The molecule has 1 saturated carbocycles. The van der Waals surface area contributed by atoms with E-state index < -0.39 is 22.6 Å². The van der Waals surface area contributed by atoms with Gasteiger partial charge in [-0.15, -0.1) is 0 Å². The van der Waals surface area contributed by atoms with Crippen molar-refractivity contribution in [3.8, 4) is 5.69 Å². The fourth-order valence-corrected chi connectivity index (χ4v) is 5.33. The number of fused-ring (bicyclic) bond motifs is 1. The second-order valence-electron chi connectivity index (χ2n) is 10.2. The zero-order valence-corrected chi connectivity index (χ0v) is 25.2. The van der Waals surface area contributed by atoms with Crippen LogP contribution in [0.3, 0.4) is 0 Å². The summed E-state index contributed by atoms with van der Waals surface area (Å²) in [7, 11) is 1.48. The number of hydrogen-bond donors (Lipinski definition) is 3. The van der Waals surface area contributed by atoms with Crippen molar-refractivity contribution in [2.24, 2.45) is 7.05 Å². The molecule has 0 unspecified atom stereocenters. The van der Waals surface area contributed by atoms with Gasteiger partial charge in [-0.25, -0.2) is 9.18 Å². The smallest absolute Gasteiger partial charge is 0.336 e. The first kappa shape index (κ1) is 29.2. The molecule has 0 bridgehead atoms. The quantitative estimate of drug-likeness (QED) is 0.243. The van der Waals surface area contributed by atoms with Gasteiger partial charge in [0.2, 0.25) is 11.8 Å². The van der Waals surface area contributed by atoms with Gasteiger partial charge in [-0.05, 0) is 78.8 Å². The summed E-state index contributed by atoms with van der Waals surface area (Å²) in [4.78, 5) is 64.9. The third-order valence-corrected chi connectivity index (χ3v) is 7.72. The topological polar surface area (TPSA) is 136 Å². The lowest BCUT2D eigenvalue weighted by Gasteiger charge is -2.21. The standard InChI is InChI=1S/C29H28FIN6O5/c1-15-25-24(26(35(3)27(15)40)34-22-10-7-17(31)13-21(22)30)28(41)37(19-8-9-19)29(42)36(25)20-6-4-5-18(14-20)33-23(39)11-12-32-16(2)38/h4-7,10,13-14,19,34H,8-9,11-12H2,1-3H3,(H,32,38)(H,33,39). The lowest BCUT2D eigenvalue weighted by molar-refractivity contribution is -0.119. The van der Waals surface area contributed by atoms with E-state index in [1.54, 1.807) is 30.3 Å². The summed E-state index contributed by atoms with van der Waals surface area (Å²) in [6.07, 6.45) is 1.33. The van der Waals surface area contributed by atoms with E-state index in [1.165, 1.54) is 46.7 Å². The highest BCUT2D eigenvalue weighted by atomic mass is 127. The summed E-state index contributed by atoms with van der Waals surface area (Å²) in [5, 5.41) is 8.31. The van der Waals surface area contributed by atoms with E-state index >= 15 is 0 Å². The van der Waals surface area contributed by atoms with Crippen molar-refractivity contribution in [3.05, 3.63) is 88.6 Å². The van der Waals surface area contributed by atoms with E-state index in [9.17, 15) is 28.4 Å². The summed E-state index contributed by atoms with van der Waals surface area (Å²) in [5.74, 6) is -1.11. The van der Waals surface area contributed by atoms with Gasteiger partial charge in [0.05, 0.1) is 16.9 Å². The molecule has 0 spiro atoms. The fraction of sp³-hybridized carbons (Fsp3) is 0.276. The highest BCUT2D eigenvalue weighted by molar-refractivity contribution is 14.1. The minimum atomic E-state index is -0.619. The fourth-order valence-electron chi connectivity index (χ4n) is 4.87. The van der Waals surface area contributed by atoms with Crippen LogP contribution in [0, 0.1) is 16.3 Å². The predicted molar refractivity (Wildman–Crippen MR) is 166 cm³/mol. The number of halogens is 2. The normalized spacial score (nSPS) is 12.8. The zero-order valence-electron chi connectivity index (χ0n) is 23.1. The maximum absolute atomic E-state index is 14.9. The van der Waals surface area contributed by atoms with Crippen LogP contribution >= 0.6 is 22.6 Å². The number of nitrogens with zero attached hydrogens (tertiary/aromatic N) is 3. The molecule has 5 rings (SSSR count). The van der Waals surface area contributed by atoms with E-state index in [-0.39, 0.29) is 58.8 Å². The molecule has 2 amide bonds. The lowest BCUT2D eigenvalue weighted by Crippen LogP contribution is -2.41. The van der Waals surface area contributed by atoms with Gasteiger partial charge < -0.3 is 16.0 Å². The first-order valence-corrected chi connectivity index (χ1v) is 14.3. The second kappa shape index (κ2) is 11.5. The second-order valence-corrected chi connectivity index (χ2v) is 11.4. The van der Waals surface area contributed by atoms with Crippen molar-refractivity contribution < 1.29 is 14.0 Å². The molecule has 2 aromatic heterocycles. The molecule has 0 atom stereocenters. The van der Waals surface area contributed by atoms with E-state index in [2.05, 4.69) is 16.0 Å². The summed E-state index contributed by atoms with van der Waals surface area (Å²) < 4.78 is 19.3. The van der Waals surface area contributed by atoms with Crippen molar-refractivity contribution in [2.45, 2.75) is 39.2 Å². The van der Waals surface area contributed by atoms with Crippen molar-refractivity contribution in [2.75, 3.05) is 17.2 Å². The van der Waals surface area contributed by atoms with Crippen molar-refractivity contribution in [1.82, 2.24) is 19.0 Å². The molecule has 13 heteroatoms. The molecular weight excluding hydrogens is 658 g/mol. The maximum atomic E-state index is 14.9. The molecule has 2 aromatic carbocycles. The SMILES string of the molecule is CC(=O)NCCC(=O)Nc1cccc(-n2c(=O)n(C3CC3)c(=O)c3c(Nc4ccc(I)cc4F)n(C)c(=O)c(C)c32)c1. The Kier molecular flexibility index (Phi) is 8.03. The Balaban J connectivity index is 1.72. The van der Waals surface area contributed by atoms with Crippen molar-refractivity contribution >= 4 is 62.5 Å². The number of nitrogens with one attached hydrogen (secondary N) is 3. The molecule has 218 valence electrons. The van der Waals surface area contributed by atoms with Crippen LogP contribution in [0.1, 0.15) is 37.8 Å². The maximum Gasteiger partial charge on any atom is 0.336 e. The predicted octanol–water partition coefficient (Wildman–Crippen LogP) is 3.45. The van der Waals surface area contributed by atoms with Crippen molar-refractivity contribution in [3.63, 3.8) is 0 Å². The highest BCUT2D eigenvalue weighted by Gasteiger charge is 2.31. The molecule has 2 heterocycles. The number of benzene rings is 2. The van der Waals surface area contributed by atoms with Gasteiger partial charge in [0.25, 0.3) is 11.1 Å². The Bertz CT molecular complexity index is 1940. The number of aryl methyl sites for hydroxylation is 1. The number of aromatic nitrogens is 3. The molecule has 0 aliphatic heterocycles. The number of pyridine rings is 1. The van der Waals surface area contributed by atoms with Gasteiger partial charge in [0.15, 0.2) is 0 Å². The van der Waals surface area contributed by atoms with E-state index in [0.29, 0.717) is 27.8 Å². The first-order valence-electron chi connectivity index (χ1n) is 13.3. The molecule has 3 N–H and O–H groups in total. The van der Waals surface area contributed by atoms with Gasteiger partial charge >= 0.3 is 5.69 Å². The molecule has 0 radical (unpaired) electrons. The third kappa shape index (κ3) is 5.60.